The lowest BCUT2D eigenvalue weighted by atomic mass is 10.0. The number of amides is 1. The fourth-order valence-corrected chi connectivity index (χ4v) is 5.87. The molecular formula is C25H34N2O6S. The van der Waals surface area contributed by atoms with Crippen molar-refractivity contribution in [3.05, 3.63) is 42.5 Å². The van der Waals surface area contributed by atoms with Gasteiger partial charge in [-0.1, -0.05) is 32.0 Å². The lowest BCUT2D eigenvalue weighted by Crippen LogP contribution is -2.50. The first-order chi connectivity index (χ1) is 16.1. The Morgan fingerprint density at radius 3 is 2.47 bits per heavy atom. The summed E-state index contributed by atoms with van der Waals surface area (Å²) in [4.78, 5) is 13.9. The predicted molar refractivity (Wildman–Crippen MR) is 130 cm³/mol. The minimum Gasteiger partial charge on any atom is -0.497 e. The van der Waals surface area contributed by atoms with Crippen LogP contribution in [0.1, 0.15) is 27.2 Å². The van der Waals surface area contributed by atoms with E-state index in [-0.39, 0.29) is 35.6 Å². The van der Waals surface area contributed by atoms with E-state index in [0.717, 1.165) is 16.9 Å². The first-order valence-electron chi connectivity index (χ1n) is 11.4. The van der Waals surface area contributed by atoms with Crippen LogP contribution in [0.5, 0.6) is 11.5 Å². The van der Waals surface area contributed by atoms with E-state index in [2.05, 4.69) is 0 Å². The molecule has 1 N–H and O–H groups in total. The van der Waals surface area contributed by atoms with Crippen LogP contribution in [-0.4, -0.2) is 74.6 Å². The fourth-order valence-electron chi connectivity index (χ4n) is 4.05. The molecule has 1 heterocycles. The van der Waals surface area contributed by atoms with E-state index in [1.54, 1.807) is 51.1 Å². The number of carbonyl (C=O) groups excluding carboxylic acids is 1. The molecule has 3 atom stereocenters. The zero-order chi connectivity index (χ0) is 25.0. The van der Waals surface area contributed by atoms with E-state index in [9.17, 15) is 18.3 Å². The highest BCUT2D eigenvalue weighted by Gasteiger charge is 2.38. The molecule has 2 aromatic rings. The highest BCUT2D eigenvalue weighted by molar-refractivity contribution is 7.89. The third-order valence-corrected chi connectivity index (χ3v) is 8.29. The third-order valence-electron chi connectivity index (χ3n) is 6.27. The molecule has 1 amide bonds. The van der Waals surface area contributed by atoms with Crippen molar-refractivity contribution in [1.29, 1.82) is 0 Å². The number of aliphatic hydroxyl groups is 1. The number of carbonyl (C=O) groups is 1. The van der Waals surface area contributed by atoms with Crippen molar-refractivity contribution in [2.24, 2.45) is 5.92 Å². The Bertz CT molecular complexity index is 1100. The largest absolute Gasteiger partial charge is 0.497 e. The van der Waals surface area contributed by atoms with Gasteiger partial charge in [-0.15, -0.1) is 0 Å². The summed E-state index contributed by atoms with van der Waals surface area (Å²) in [5.41, 5.74) is 1.68. The van der Waals surface area contributed by atoms with Gasteiger partial charge in [0.25, 0.3) is 0 Å². The van der Waals surface area contributed by atoms with Gasteiger partial charge in [-0.2, -0.15) is 4.31 Å². The average Bonchev–Trinajstić information content (AvgIpc) is 2.84. The van der Waals surface area contributed by atoms with E-state index in [0.29, 0.717) is 13.0 Å². The zero-order valence-electron chi connectivity index (χ0n) is 20.4. The Morgan fingerprint density at radius 2 is 1.88 bits per heavy atom. The van der Waals surface area contributed by atoms with E-state index >= 15 is 0 Å². The van der Waals surface area contributed by atoms with Crippen molar-refractivity contribution >= 4 is 15.9 Å². The van der Waals surface area contributed by atoms with E-state index in [1.807, 2.05) is 31.2 Å². The van der Waals surface area contributed by atoms with E-state index in [1.165, 1.54) is 4.31 Å². The maximum absolute atomic E-state index is 13.6. The van der Waals surface area contributed by atoms with E-state index in [4.69, 9.17) is 9.47 Å². The van der Waals surface area contributed by atoms with E-state index < -0.39 is 22.2 Å². The minimum atomic E-state index is -3.92. The number of rotatable bonds is 7. The van der Waals surface area contributed by atoms with Crippen molar-refractivity contribution in [3.8, 4) is 22.6 Å². The number of likely N-dealkylation sites (N-methyl/N-ethyl adjacent to an activating group) is 1. The second-order valence-corrected chi connectivity index (χ2v) is 10.6. The zero-order valence-corrected chi connectivity index (χ0v) is 21.2. The monoisotopic (exact) mass is 490 g/mol. The molecule has 8 nitrogen and oxygen atoms in total. The molecule has 34 heavy (non-hydrogen) atoms. The Hall–Kier alpha value is -2.62. The molecule has 0 saturated heterocycles. The molecule has 0 bridgehead atoms. The van der Waals surface area contributed by atoms with Gasteiger partial charge in [0, 0.05) is 32.0 Å². The van der Waals surface area contributed by atoms with Gasteiger partial charge >= 0.3 is 0 Å². The Morgan fingerprint density at radius 1 is 1.24 bits per heavy atom. The van der Waals surface area contributed by atoms with Crippen molar-refractivity contribution in [1.82, 2.24) is 9.21 Å². The molecule has 3 rings (SSSR count). The van der Waals surface area contributed by atoms with Crippen LogP contribution in [-0.2, 0) is 14.8 Å². The normalized spacial score (nSPS) is 20.9. The number of hydrogen-bond acceptors (Lipinski definition) is 6. The summed E-state index contributed by atoms with van der Waals surface area (Å²) in [5.74, 6) is 0.712. The first kappa shape index (κ1) is 26.0. The fraction of sp³-hybridized carbons (Fsp3) is 0.480. The van der Waals surface area contributed by atoms with Crippen molar-refractivity contribution < 1.29 is 27.8 Å². The summed E-state index contributed by atoms with van der Waals surface area (Å²) in [6, 6.07) is 11.9. The summed E-state index contributed by atoms with van der Waals surface area (Å²) in [6.07, 6.45) is -0.0630. The summed E-state index contributed by atoms with van der Waals surface area (Å²) in [6.45, 7) is 5.57. The van der Waals surface area contributed by atoms with Crippen LogP contribution in [0, 0.1) is 5.92 Å². The van der Waals surface area contributed by atoms with Gasteiger partial charge in [-0.05, 0) is 42.3 Å². The smallest absolute Gasteiger partial charge is 0.247 e. The maximum Gasteiger partial charge on any atom is 0.247 e. The van der Waals surface area contributed by atoms with Gasteiger partial charge in [0.1, 0.15) is 22.5 Å². The topological polar surface area (TPSA) is 96.4 Å². The molecule has 1 aliphatic rings. The van der Waals surface area contributed by atoms with Crippen molar-refractivity contribution in [2.45, 2.75) is 44.2 Å². The summed E-state index contributed by atoms with van der Waals surface area (Å²) in [5, 5.41) is 9.77. The highest BCUT2D eigenvalue weighted by Crippen LogP contribution is 2.36. The summed E-state index contributed by atoms with van der Waals surface area (Å²) < 4.78 is 40.1. The molecule has 0 radical (unpaired) electrons. The number of fused-ring (bicyclic) bond motifs is 1. The molecule has 0 aromatic heterocycles. The van der Waals surface area contributed by atoms with Crippen LogP contribution in [0.15, 0.2) is 47.4 Å². The van der Waals surface area contributed by atoms with Crippen LogP contribution < -0.4 is 9.47 Å². The van der Waals surface area contributed by atoms with Gasteiger partial charge in [-0.3, -0.25) is 4.79 Å². The quantitative estimate of drug-likeness (QED) is 0.641. The third kappa shape index (κ3) is 5.37. The lowest BCUT2D eigenvalue weighted by molar-refractivity contribution is -0.131. The number of benzene rings is 2. The molecule has 186 valence electrons. The second-order valence-electron chi connectivity index (χ2n) is 8.76. The van der Waals surface area contributed by atoms with Crippen LogP contribution in [0.4, 0.5) is 0 Å². The molecule has 0 unspecified atom stereocenters. The van der Waals surface area contributed by atoms with Crippen molar-refractivity contribution in [3.63, 3.8) is 0 Å². The number of nitrogens with zero attached hydrogens (tertiary/aromatic N) is 2. The number of ether oxygens (including phenoxy) is 2. The number of aliphatic hydroxyl groups excluding tert-OH is 1. The van der Waals surface area contributed by atoms with Crippen molar-refractivity contribution in [2.75, 3.05) is 33.9 Å². The Labute approximate surface area is 202 Å². The number of methoxy groups -OCH3 is 1. The summed E-state index contributed by atoms with van der Waals surface area (Å²) >= 11 is 0. The summed E-state index contributed by atoms with van der Waals surface area (Å²) in [7, 11) is -0.602. The second kappa shape index (κ2) is 10.8. The molecule has 2 aromatic carbocycles. The minimum absolute atomic E-state index is 0.0155. The van der Waals surface area contributed by atoms with Crippen LogP contribution in [0.3, 0.4) is 0 Å². The van der Waals surface area contributed by atoms with Gasteiger partial charge < -0.3 is 19.5 Å². The standard InChI is InChI=1S/C25H34N2O6S/c1-6-25(29)26(4)15-23-17(2)14-27(18(3)16-28)34(30,31)24-12-9-20(13-22(24)33-23)19-7-10-21(32-5)11-8-19/h7-13,17-18,23,28H,6,14-16H2,1-5H3/t17-,18-,23-/m0/s1. The Balaban J connectivity index is 2.10. The van der Waals surface area contributed by atoms with Gasteiger partial charge in [-0.25, -0.2) is 8.42 Å². The molecule has 0 aliphatic carbocycles. The molecule has 1 aliphatic heterocycles. The van der Waals surface area contributed by atoms with Gasteiger partial charge in [0.2, 0.25) is 15.9 Å². The number of sulfonamides is 1. The van der Waals surface area contributed by atoms with Crippen LogP contribution in [0.2, 0.25) is 0 Å². The van der Waals surface area contributed by atoms with Gasteiger partial charge in [0.15, 0.2) is 0 Å². The Kier molecular flexibility index (Phi) is 8.22. The SMILES string of the molecule is CCC(=O)N(C)C[C@@H]1Oc2cc(-c3ccc(OC)cc3)ccc2S(=O)(=O)N([C@@H](C)CO)C[C@@H]1C. The molecule has 9 heteroatoms. The molecule has 0 saturated carbocycles. The predicted octanol–water partition coefficient (Wildman–Crippen LogP) is 3.00. The molecule has 0 spiro atoms. The first-order valence-corrected chi connectivity index (χ1v) is 12.9. The molecular weight excluding hydrogens is 456 g/mol. The maximum atomic E-state index is 13.6. The average molecular weight is 491 g/mol. The lowest BCUT2D eigenvalue weighted by Gasteiger charge is -2.37. The molecule has 0 fully saturated rings. The number of hydrogen-bond donors (Lipinski definition) is 1. The highest BCUT2D eigenvalue weighted by atomic mass is 32.2. The van der Waals surface area contributed by atoms with Gasteiger partial charge in [0.05, 0.1) is 20.3 Å². The van der Waals surface area contributed by atoms with Crippen LogP contribution >= 0.6 is 0 Å². The van der Waals surface area contributed by atoms with Crippen LogP contribution in [0.25, 0.3) is 11.1 Å².